The molecule has 1 aliphatic heterocycles. The molecule has 3 rings (SSSR count). The smallest absolute Gasteiger partial charge is 0.193 e. The number of rotatable bonds is 5. The van der Waals surface area contributed by atoms with E-state index in [9.17, 15) is 4.79 Å². The van der Waals surface area contributed by atoms with Crippen LogP contribution in [-0.4, -0.2) is 25.1 Å². The number of hydrogen-bond acceptors (Lipinski definition) is 3. The molecule has 0 N–H and O–H groups in total. The zero-order valence-corrected chi connectivity index (χ0v) is 14.8. The van der Waals surface area contributed by atoms with Crippen LogP contribution in [0, 0.1) is 6.92 Å². The summed E-state index contributed by atoms with van der Waals surface area (Å²) in [4.78, 5) is 12.9. The number of carbonyl (C=O) groups excluding carboxylic acids is 1. The minimum atomic E-state index is -0.109. The Labute approximate surface area is 143 Å². The van der Waals surface area contributed by atoms with E-state index in [-0.39, 0.29) is 17.3 Å². The monoisotopic (exact) mass is 324 g/mol. The molecule has 24 heavy (non-hydrogen) atoms. The van der Waals surface area contributed by atoms with Crippen LogP contribution >= 0.6 is 0 Å². The van der Waals surface area contributed by atoms with Crippen LogP contribution in [0.1, 0.15) is 47.8 Å². The Morgan fingerprint density at radius 1 is 1.21 bits per heavy atom. The van der Waals surface area contributed by atoms with Crippen molar-refractivity contribution in [2.75, 3.05) is 13.2 Å². The van der Waals surface area contributed by atoms with Gasteiger partial charge in [0.2, 0.25) is 0 Å². The molecule has 1 fully saturated rings. The highest BCUT2D eigenvalue weighted by molar-refractivity contribution is 6.10. The van der Waals surface area contributed by atoms with Crippen LogP contribution in [0.2, 0.25) is 0 Å². The van der Waals surface area contributed by atoms with Gasteiger partial charge in [-0.25, -0.2) is 0 Å². The molecule has 126 valence electrons. The molecule has 0 amide bonds. The molecule has 1 saturated heterocycles. The van der Waals surface area contributed by atoms with Crippen molar-refractivity contribution >= 4 is 5.78 Å². The first kappa shape index (κ1) is 16.7. The van der Waals surface area contributed by atoms with Gasteiger partial charge in [-0.3, -0.25) is 4.79 Å². The summed E-state index contributed by atoms with van der Waals surface area (Å²) in [6.45, 7) is 9.69. The standard InChI is InChI=1S/C21H24O3/c1-14-7-5-6-8-17(14)20(22)15-9-10-19(24-13-16-12-23-16)18(11-15)21(2,3)4/h5-11,16H,12-13H2,1-4H3. The van der Waals surface area contributed by atoms with Crippen LogP contribution in [0.5, 0.6) is 5.75 Å². The fourth-order valence-electron chi connectivity index (χ4n) is 2.71. The minimum Gasteiger partial charge on any atom is -0.490 e. The number of ether oxygens (including phenoxy) is 2. The summed E-state index contributed by atoms with van der Waals surface area (Å²) in [5.74, 6) is 0.884. The van der Waals surface area contributed by atoms with E-state index in [1.54, 1.807) is 0 Å². The SMILES string of the molecule is Cc1ccccc1C(=O)c1ccc(OCC2CO2)c(C(C)(C)C)c1. The molecule has 3 nitrogen and oxygen atoms in total. The quantitative estimate of drug-likeness (QED) is 0.608. The molecule has 0 aliphatic carbocycles. The molecule has 1 unspecified atom stereocenters. The number of carbonyl (C=O) groups is 1. The summed E-state index contributed by atoms with van der Waals surface area (Å²) in [6.07, 6.45) is 0.214. The zero-order chi connectivity index (χ0) is 17.3. The highest BCUT2D eigenvalue weighted by atomic mass is 16.6. The third-order valence-electron chi connectivity index (χ3n) is 4.27. The van der Waals surface area contributed by atoms with Crippen molar-refractivity contribution in [2.24, 2.45) is 0 Å². The topological polar surface area (TPSA) is 38.8 Å². The molecule has 0 aromatic heterocycles. The average Bonchev–Trinajstić information content (AvgIpc) is 3.36. The van der Waals surface area contributed by atoms with Gasteiger partial charge < -0.3 is 9.47 Å². The molecule has 0 spiro atoms. The van der Waals surface area contributed by atoms with Crippen molar-refractivity contribution in [3.63, 3.8) is 0 Å². The highest BCUT2D eigenvalue weighted by Crippen LogP contribution is 2.33. The predicted octanol–water partition coefficient (Wildman–Crippen LogP) is 4.30. The van der Waals surface area contributed by atoms with Gasteiger partial charge in [0.25, 0.3) is 0 Å². The lowest BCUT2D eigenvalue weighted by Crippen LogP contribution is -2.16. The maximum absolute atomic E-state index is 12.9. The summed E-state index contributed by atoms with van der Waals surface area (Å²) in [5.41, 5.74) is 3.37. The Bertz CT molecular complexity index is 752. The molecule has 0 radical (unpaired) electrons. The first-order valence-electron chi connectivity index (χ1n) is 8.35. The van der Waals surface area contributed by atoms with E-state index in [2.05, 4.69) is 20.8 Å². The molecule has 1 heterocycles. The van der Waals surface area contributed by atoms with Gasteiger partial charge >= 0.3 is 0 Å². The number of epoxide rings is 1. The number of aryl methyl sites for hydroxylation is 1. The lowest BCUT2D eigenvalue weighted by atomic mass is 9.84. The molecule has 1 aliphatic rings. The first-order chi connectivity index (χ1) is 11.4. The Hall–Kier alpha value is -2.13. The Balaban J connectivity index is 1.94. The Morgan fingerprint density at radius 3 is 2.54 bits per heavy atom. The summed E-state index contributed by atoms with van der Waals surface area (Å²) in [7, 11) is 0. The maximum atomic E-state index is 12.9. The van der Waals surface area contributed by atoms with Crippen molar-refractivity contribution in [1.29, 1.82) is 0 Å². The van der Waals surface area contributed by atoms with E-state index in [4.69, 9.17) is 9.47 Å². The predicted molar refractivity (Wildman–Crippen MR) is 95.0 cm³/mol. The fourth-order valence-corrected chi connectivity index (χ4v) is 2.71. The van der Waals surface area contributed by atoms with Crippen LogP contribution in [0.25, 0.3) is 0 Å². The van der Waals surface area contributed by atoms with E-state index < -0.39 is 0 Å². The average molecular weight is 324 g/mol. The molecular formula is C21H24O3. The second kappa shape index (κ2) is 6.40. The van der Waals surface area contributed by atoms with Gasteiger partial charge in [0, 0.05) is 16.7 Å². The second-order valence-electron chi connectivity index (χ2n) is 7.37. The number of hydrogen-bond donors (Lipinski definition) is 0. The van der Waals surface area contributed by atoms with E-state index in [0.717, 1.165) is 29.0 Å². The van der Waals surface area contributed by atoms with E-state index in [0.29, 0.717) is 12.2 Å². The van der Waals surface area contributed by atoms with Crippen LogP contribution in [0.15, 0.2) is 42.5 Å². The fraction of sp³-hybridized carbons (Fsp3) is 0.381. The van der Waals surface area contributed by atoms with Gasteiger partial charge in [-0.2, -0.15) is 0 Å². The molecule has 1 atom stereocenters. The minimum absolute atomic E-state index is 0.0516. The lowest BCUT2D eigenvalue weighted by molar-refractivity contribution is 0.103. The third-order valence-corrected chi connectivity index (χ3v) is 4.27. The summed E-state index contributed by atoms with van der Waals surface area (Å²) in [6, 6.07) is 13.4. The first-order valence-corrected chi connectivity index (χ1v) is 8.35. The number of benzene rings is 2. The van der Waals surface area contributed by atoms with E-state index in [1.807, 2.05) is 49.4 Å². The highest BCUT2D eigenvalue weighted by Gasteiger charge is 2.26. The van der Waals surface area contributed by atoms with Gasteiger partial charge in [0.05, 0.1) is 6.61 Å². The molecular weight excluding hydrogens is 300 g/mol. The number of ketones is 1. The molecule has 0 bridgehead atoms. The van der Waals surface area contributed by atoms with Crippen molar-refractivity contribution in [3.8, 4) is 5.75 Å². The van der Waals surface area contributed by atoms with Crippen molar-refractivity contribution < 1.29 is 14.3 Å². The maximum Gasteiger partial charge on any atom is 0.193 e. The normalized spacial score (nSPS) is 16.8. The molecule has 2 aromatic rings. The Kier molecular flexibility index (Phi) is 4.46. The summed E-state index contributed by atoms with van der Waals surface area (Å²) in [5, 5.41) is 0. The van der Waals surface area contributed by atoms with Crippen LogP contribution in [0.3, 0.4) is 0 Å². The zero-order valence-electron chi connectivity index (χ0n) is 14.8. The third kappa shape index (κ3) is 3.68. The van der Waals surface area contributed by atoms with E-state index in [1.165, 1.54) is 0 Å². The van der Waals surface area contributed by atoms with Gasteiger partial charge in [0.1, 0.15) is 18.5 Å². The van der Waals surface area contributed by atoms with Crippen LogP contribution < -0.4 is 4.74 Å². The van der Waals surface area contributed by atoms with Gasteiger partial charge in [-0.05, 0) is 36.1 Å². The second-order valence-corrected chi connectivity index (χ2v) is 7.37. The van der Waals surface area contributed by atoms with Gasteiger partial charge in [0.15, 0.2) is 5.78 Å². The largest absolute Gasteiger partial charge is 0.490 e. The molecule has 2 aromatic carbocycles. The van der Waals surface area contributed by atoms with Crippen molar-refractivity contribution in [1.82, 2.24) is 0 Å². The van der Waals surface area contributed by atoms with Crippen molar-refractivity contribution in [2.45, 2.75) is 39.2 Å². The summed E-state index contributed by atoms with van der Waals surface area (Å²) >= 11 is 0. The van der Waals surface area contributed by atoms with E-state index >= 15 is 0 Å². The molecule has 3 heteroatoms. The molecule has 0 saturated carbocycles. The van der Waals surface area contributed by atoms with Crippen LogP contribution in [0.4, 0.5) is 0 Å². The lowest BCUT2D eigenvalue weighted by Gasteiger charge is -2.23. The summed E-state index contributed by atoms with van der Waals surface area (Å²) < 4.78 is 11.1. The Morgan fingerprint density at radius 2 is 1.92 bits per heavy atom. The van der Waals surface area contributed by atoms with Gasteiger partial charge in [-0.1, -0.05) is 45.0 Å². The van der Waals surface area contributed by atoms with Gasteiger partial charge in [-0.15, -0.1) is 0 Å². The van der Waals surface area contributed by atoms with Crippen molar-refractivity contribution in [3.05, 3.63) is 64.7 Å². The van der Waals surface area contributed by atoms with Crippen LogP contribution in [-0.2, 0) is 10.2 Å².